The van der Waals surface area contributed by atoms with Crippen LogP contribution in [0.2, 0.25) is 0 Å². The molecule has 2 N–H and O–H groups in total. The number of alkyl carbamates (subject to hydrolysis) is 1. The van der Waals surface area contributed by atoms with E-state index >= 15 is 0 Å². The number of carbonyl (C=O) groups is 1. The minimum absolute atomic E-state index is 0.00902. The van der Waals surface area contributed by atoms with E-state index in [9.17, 15) is 9.90 Å². The molecule has 1 aromatic carbocycles. The van der Waals surface area contributed by atoms with Crippen LogP contribution in [-0.2, 0) is 10.2 Å². The number of hydrogen-bond acceptors (Lipinski definition) is 3. The van der Waals surface area contributed by atoms with Crippen molar-refractivity contribution in [3.8, 4) is 0 Å². The number of benzene rings is 1. The second-order valence-corrected chi connectivity index (χ2v) is 7.95. The Morgan fingerprint density at radius 1 is 1.21 bits per heavy atom. The molecule has 0 spiro atoms. The van der Waals surface area contributed by atoms with E-state index in [-0.39, 0.29) is 6.61 Å². The fourth-order valence-corrected chi connectivity index (χ4v) is 2.76. The first-order valence-electron chi connectivity index (χ1n) is 8.82. The zero-order valence-corrected chi connectivity index (χ0v) is 15.8. The highest BCUT2D eigenvalue weighted by Crippen LogP contribution is 2.30. The van der Waals surface area contributed by atoms with Gasteiger partial charge < -0.3 is 15.2 Å². The van der Waals surface area contributed by atoms with Gasteiger partial charge in [-0.05, 0) is 38.7 Å². The fourth-order valence-electron chi connectivity index (χ4n) is 2.76. The van der Waals surface area contributed by atoms with E-state index in [0.29, 0.717) is 12.5 Å². The van der Waals surface area contributed by atoms with E-state index in [0.717, 1.165) is 24.8 Å². The van der Waals surface area contributed by atoms with Crippen molar-refractivity contribution in [3.63, 3.8) is 0 Å². The number of ether oxygens (including phenoxy) is 1. The van der Waals surface area contributed by atoms with Crippen LogP contribution in [0.5, 0.6) is 0 Å². The normalized spacial score (nSPS) is 14.3. The fraction of sp³-hybridized carbons (Fsp3) is 0.650. The van der Waals surface area contributed by atoms with Crippen LogP contribution < -0.4 is 5.32 Å². The van der Waals surface area contributed by atoms with Gasteiger partial charge in [-0.2, -0.15) is 0 Å². The van der Waals surface area contributed by atoms with Crippen molar-refractivity contribution in [1.82, 2.24) is 5.32 Å². The number of nitrogens with one attached hydrogen (secondary N) is 1. The number of amides is 1. The molecule has 1 unspecified atom stereocenters. The van der Waals surface area contributed by atoms with E-state index < -0.39 is 17.1 Å². The summed E-state index contributed by atoms with van der Waals surface area (Å²) >= 11 is 0. The van der Waals surface area contributed by atoms with E-state index in [2.05, 4.69) is 19.2 Å². The van der Waals surface area contributed by atoms with Crippen LogP contribution in [0.1, 0.15) is 59.4 Å². The van der Waals surface area contributed by atoms with Gasteiger partial charge in [-0.1, -0.05) is 57.0 Å². The molecule has 0 fully saturated rings. The van der Waals surface area contributed by atoms with Crippen molar-refractivity contribution in [2.45, 2.75) is 64.9 Å². The maximum atomic E-state index is 12.0. The van der Waals surface area contributed by atoms with E-state index in [1.54, 1.807) is 0 Å². The van der Waals surface area contributed by atoms with Crippen molar-refractivity contribution in [2.24, 2.45) is 5.92 Å². The first kappa shape index (κ1) is 20.5. The number of rotatable bonds is 8. The highest BCUT2D eigenvalue weighted by Gasteiger charge is 2.32. The summed E-state index contributed by atoms with van der Waals surface area (Å²) < 4.78 is 5.32. The Bertz CT molecular complexity index is 493. The van der Waals surface area contributed by atoms with Crippen molar-refractivity contribution in [2.75, 3.05) is 13.2 Å². The summed E-state index contributed by atoms with van der Waals surface area (Å²) in [5.74, 6) is 0.621. The quantitative estimate of drug-likeness (QED) is 0.746. The predicted molar refractivity (Wildman–Crippen MR) is 98.1 cm³/mol. The third-order valence-corrected chi connectivity index (χ3v) is 4.10. The van der Waals surface area contributed by atoms with Gasteiger partial charge in [0.2, 0.25) is 0 Å². The molecule has 0 aromatic heterocycles. The summed E-state index contributed by atoms with van der Waals surface area (Å²) in [5, 5.41) is 13.0. The van der Waals surface area contributed by atoms with Crippen LogP contribution in [0.15, 0.2) is 30.3 Å². The second-order valence-electron chi connectivity index (χ2n) is 7.95. The van der Waals surface area contributed by atoms with Crippen LogP contribution in [0.25, 0.3) is 0 Å². The minimum Gasteiger partial charge on any atom is -0.444 e. The highest BCUT2D eigenvalue weighted by molar-refractivity contribution is 5.67. The van der Waals surface area contributed by atoms with Gasteiger partial charge in [-0.3, -0.25) is 0 Å². The Balaban J connectivity index is 2.85. The summed E-state index contributed by atoms with van der Waals surface area (Å²) in [4.78, 5) is 12.0. The molecule has 0 bridgehead atoms. The number of aliphatic hydroxyl groups excluding tert-OH is 1. The summed E-state index contributed by atoms with van der Waals surface area (Å²) in [7, 11) is 0. The first-order chi connectivity index (χ1) is 11.2. The Labute approximate surface area is 146 Å². The van der Waals surface area contributed by atoms with E-state index in [1.807, 2.05) is 51.1 Å². The number of aliphatic hydroxyl groups is 1. The smallest absolute Gasteiger partial charge is 0.407 e. The Morgan fingerprint density at radius 2 is 1.83 bits per heavy atom. The largest absolute Gasteiger partial charge is 0.444 e. The average Bonchev–Trinajstić information content (AvgIpc) is 2.50. The van der Waals surface area contributed by atoms with Crippen LogP contribution in [-0.4, -0.2) is 30.0 Å². The molecule has 0 heterocycles. The predicted octanol–water partition coefficient (Wildman–Crippen LogP) is 4.27. The van der Waals surface area contributed by atoms with Crippen molar-refractivity contribution in [1.29, 1.82) is 0 Å². The monoisotopic (exact) mass is 335 g/mol. The summed E-state index contributed by atoms with van der Waals surface area (Å²) in [5.41, 5.74) is 0.0379. The van der Waals surface area contributed by atoms with Gasteiger partial charge in [0.15, 0.2) is 0 Å². The molecule has 1 rings (SSSR count). The third-order valence-electron chi connectivity index (χ3n) is 4.10. The summed E-state index contributed by atoms with van der Waals surface area (Å²) in [6, 6.07) is 9.93. The van der Waals surface area contributed by atoms with Gasteiger partial charge in [0.25, 0.3) is 0 Å². The molecular formula is C20H33NO3. The minimum atomic E-state index is -0.531. The maximum absolute atomic E-state index is 12.0. The van der Waals surface area contributed by atoms with Gasteiger partial charge in [-0.25, -0.2) is 4.79 Å². The molecular weight excluding hydrogens is 302 g/mol. The standard InChI is InChI=1S/C20H33NO3/c1-16(2)10-9-13-20(15-22,17-11-7-6-8-12-17)14-21-18(23)24-19(3,4)5/h6-8,11-12,16,22H,9-10,13-15H2,1-5H3,(H,21,23). The molecule has 1 atom stereocenters. The molecule has 4 heteroatoms. The molecule has 0 radical (unpaired) electrons. The zero-order chi connectivity index (χ0) is 18.2. The lowest BCUT2D eigenvalue weighted by atomic mass is 9.76. The average molecular weight is 335 g/mol. The van der Waals surface area contributed by atoms with E-state index in [1.165, 1.54) is 0 Å². The molecule has 0 aliphatic heterocycles. The molecule has 0 aliphatic carbocycles. The molecule has 1 amide bonds. The number of hydrogen-bond donors (Lipinski definition) is 2. The molecule has 4 nitrogen and oxygen atoms in total. The van der Waals surface area contributed by atoms with Gasteiger partial charge >= 0.3 is 6.09 Å². The van der Waals surface area contributed by atoms with Crippen molar-refractivity contribution >= 4 is 6.09 Å². The van der Waals surface area contributed by atoms with Crippen molar-refractivity contribution < 1.29 is 14.6 Å². The molecule has 0 saturated heterocycles. The van der Waals surface area contributed by atoms with Gasteiger partial charge in [0, 0.05) is 12.0 Å². The second kappa shape index (κ2) is 9.07. The Kier molecular flexibility index (Phi) is 7.74. The van der Waals surface area contributed by atoms with Crippen LogP contribution in [0, 0.1) is 5.92 Å². The molecule has 0 aliphatic rings. The lowest BCUT2D eigenvalue weighted by molar-refractivity contribution is 0.0499. The summed E-state index contributed by atoms with van der Waals surface area (Å²) in [6.07, 6.45) is 2.48. The molecule has 24 heavy (non-hydrogen) atoms. The molecule has 136 valence electrons. The molecule has 0 saturated carbocycles. The van der Waals surface area contributed by atoms with Gasteiger partial charge in [0.05, 0.1) is 6.61 Å². The summed E-state index contributed by atoms with van der Waals surface area (Å²) in [6.45, 7) is 10.3. The zero-order valence-electron chi connectivity index (χ0n) is 15.8. The SMILES string of the molecule is CC(C)CCCC(CO)(CNC(=O)OC(C)(C)C)c1ccccc1. The van der Waals surface area contributed by atoms with Gasteiger partial charge in [0.1, 0.15) is 5.60 Å². The molecule has 1 aromatic rings. The van der Waals surface area contributed by atoms with Crippen LogP contribution in [0.4, 0.5) is 4.79 Å². The Hall–Kier alpha value is -1.55. The first-order valence-corrected chi connectivity index (χ1v) is 8.82. The maximum Gasteiger partial charge on any atom is 0.407 e. The Morgan fingerprint density at radius 3 is 2.33 bits per heavy atom. The third kappa shape index (κ3) is 6.91. The van der Waals surface area contributed by atoms with Gasteiger partial charge in [-0.15, -0.1) is 0 Å². The topological polar surface area (TPSA) is 58.6 Å². The van der Waals surface area contributed by atoms with Crippen LogP contribution in [0.3, 0.4) is 0 Å². The van der Waals surface area contributed by atoms with E-state index in [4.69, 9.17) is 4.74 Å². The van der Waals surface area contributed by atoms with Crippen LogP contribution >= 0.6 is 0 Å². The lowest BCUT2D eigenvalue weighted by Gasteiger charge is -2.33. The highest BCUT2D eigenvalue weighted by atomic mass is 16.6. The lowest BCUT2D eigenvalue weighted by Crippen LogP contribution is -2.45. The van der Waals surface area contributed by atoms with Crippen molar-refractivity contribution in [3.05, 3.63) is 35.9 Å². The number of carbonyl (C=O) groups excluding carboxylic acids is 1.